The molecule has 112 valence electrons. The molecule has 1 aromatic carbocycles. The fourth-order valence-corrected chi connectivity index (χ4v) is 3.33. The summed E-state index contributed by atoms with van der Waals surface area (Å²) in [5.41, 5.74) is 2.57. The maximum Gasteiger partial charge on any atom is 0.0643 e. The number of benzene rings is 1. The number of halogens is 1. The highest BCUT2D eigenvalue weighted by atomic mass is 35.5. The standard InChI is InChI=1S/C17H27ClN2/c1-4-10-19-11-15-6-5-7-16(18)17(15)20-12-13(2)8-9-14(20)3/h5-7,13-14,19H,4,8-12H2,1-3H3. The maximum absolute atomic E-state index is 6.52. The zero-order chi connectivity index (χ0) is 14.5. The molecule has 0 spiro atoms. The predicted molar refractivity (Wildman–Crippen MR) is 88.7 cm³/mol. The van der Waals surface area contributed by atoms with E-state index in [0.29, 0.717) is 6.04 Å². The molecule has 2 unspecified atom stereocenters. The molecule has 3 heteroatoms. The Labute approximate surface area is 128 Å². The Kier molecular flexibility index (Phi) is 5.74. The number of piperidine rings is 1. The van der Waals surface area contributed by atoms with Crippen molar-refractivity contribution in [2.45, 2.75) is 52.6 Å². The van der Waals surface area contributed by atoms with E-state index in [1.165, 1.54) is 24.1 Å². The topological polar surface area (TPSA) is 15.3 Å². The Bertz CT molecular complexity index is 433. The minimum absolute atomic E-state index is 0.580. The van der Waals surface area contributed by atoms with Gasteiger partial charge in [-0.05, 0) is 50.3 Å². The van der Waals surface area contributed by atoms with Crippen LogP contribution in [0.15, 0.2) is 18.2 Å². The Morgan fingerprint density at radius 2 is 2.10 bits per heavy atom. The van der Waals surface area contributed by atoms with Crippen molar-refractivity contribution in [2.24, 2.45) is 5.92 Å². The van der Waals surface area contributed by atoms with Crippen molar-refractivity contribution < 1.29 is 0 Å². The molecule has 1 heterocycles. The Hall–Kier alpha value is -0.730. The third-order valence-electron chi connectivity index (χ3n) is 4.22. The van der Waals surface area contributed by atoms with Crippen molar-refractivity contribution in [1.29, 1.82) is 0 Å². The van der Waals surface area contributed by atoms with Crippen LogP contribution in [-0.2, 0) is 6.54 Å². The van der Waals surface area contributed by atoms with Crippen LogP contribution in [0.5, 0.6) is 0 Å². The SMILES string of the molecule is CCCNCc1cccc(Cl)c1N1CC(C)CCC1C. The normalized spacial score (nSPS) is 23.1. The molecule has 1 aromatic rings. The summed E-state index contributed by atoms with van der Waals surface area (Å²) in [6.45, 7) is 9.92. The summed E-state index contributed by atoms with van der Waals surface area (Å²) in [5, 5.41) is 4.39. The molecule has 0 radical (unpaired) electrons. The van der Waals surface area contributed by atoms with Crippen molar-refractivity contribution in [3.63, 3.8) is 0 Å². The van der Waals surface area contributed by atoms with Crippen molar-refractivity contribution in [3.8, 4) is 0 Å². The summed E-state index contributed by atoms with van der Waals surface area (Å²) >= 11 is 6.52. The molecule has 0 amide bonds. The lowest BCUT2D eigenvalue weighted by molar-refractivity contribution is 0.389. The molecule has 0 aromatic heterocycles. The fourth-order valence-electron chi connectivity index (χ4n) is 3.02. The van der Waals surface area contributed by atoms with Gasteiger partial charge in [-0.2, -0.15) is 0 Å². The average Bonchev–Trinajstić information content (AvgIpc) is 2.42. The zero-order valence-electron chi connectivity index (χ0n) is 13.0. The van der Waals surface area contributed by atoms with E-state index in [2.05, 4.69) is 43.1 Å². The number of nitrogens with zero attached hydrogens (tertiary/aromatic N) is 1. The molecule has 1 fully saturated rings. The molecule has 0 bridgehead atoms. The molecule has 0 aliphatic carbocycles. The molecular formula is C17H27ClN2. The highest BCUT2D eigenvalue weighted by Crippen LogP contribution is 2.35. The summed E-state index contributed by atoms with van der Waals surface area (Å²) in [6.07, 6.45) is 3.74. The zero-order valence-corrected chi connectivity index (χ0v) is 13.7. The number of hydrogen-bond acceptors (Lipinski definition) is 2. The minimum Gasteiger partial charge on any atom is -0.367 e. The quantitative estimate of drug-likeness (QED) is 0.806. The summed E-state index contributed by atoms with van der Waals surface area (Å²) in [7, 11) is 0. The molecule has 1 aliphatic rings. The summed E-state index contributed by atoms with van der Waals surface area (Å²) < 4.78 is 0. The first-order chi connectivity index (χ1) is 9.63. The molecule has 1 saturated heterocycles. The van der Waals surface area contributed by atoms with Gasteiger partial charge in [-0.25, -0.2) is 0 Å². The van der Waals surface area contributed by atoms with E-state index in [-0.39, 0.29) is 0 Å². The largest absolute Gasteiger partial charge is 0.367 e. The van der Waals surface area contributed by atoms with Crippen molar-refractivity contribution in [1.82, 2.24) is 5.32 Å². The second-order valence-electron chi connectivity index (χ2n) is 6.11. The third-order valence-corrected chi connectivity index (χ3v) is 4.52. The lowest BCUT2D eigenvalue weighted by Crippen LogP contribution is -2.42. The van der Waals surface area contributed by atoms with E-state index in [4.69, 9.17) is 11.6 Å². The van der Waals surface area contributed by atoms with E-state index in [9.17, 15) is 0 Å². The lowest BCUT2D eigenvalue weighted by Gasteiger charge is -2.40. The summed E-state index contributed by atoms with van der Waals surface area (Å²) in [4.78, 5) is 2.51. The molecule has 0 saturated carbocycles. The van der Waals surface area contributed by atoms with E-state index in [1.54, 1.807) is 0 Å². The summed E-state index contributed by atoms with van der Waals surface area (Å²) in [6, 6.07) is 6.87. The van der Waals surface area contributed by atoms with Crippen LogP contribution in [0.25, 0.3) is 0 Å². The van der Waals surface area contributed by atoms with Gasteiger partial charge in [0.2, 0.25) is 0 Å². The van der Waals surface area contributed by atoms with E-state index in [0.717, 1.165) is 37.0 Å². The molecular weight excluding hydrogens is 268 g/mol. The highest BCUT2D eigenvalue weighted by molar-refractivity contribution is 6.33. The first kappa shape index (κ1) is 15.7. The second kappa shape index (κ2) is 7.33. The minimum atomic E-state index is 0.580. The number of hydrogen-bond donors (Lipinski definition) is 1. The van der Waals surface area contributed by atoms with Crippen LogP contribution in [0.1, 0.15) is 45.6 Å². The van der Waals surface area contributed by atoms with Gasteiger partial charge in [-0.3, -0.25) is 0 Å². The van der Waals surface area contributed by atoms with Crippen molar-refractivity contribution in [2.75, 3.05) is 18.0 Å². The Morgan fingerprint density at radius 1 is 1.30 bits per heavy atom. The van der Waals surface area contributed by atoms with Gasteiger partial charge in [0.05, 0.1) is 10.7 Å². The van der Waals surface area contributed by atoms with E-state index >= 15 is 0 Å². The van der Waals surface area contributed by atoms with Gasteiger partial charge in [0.15, 0.2) is 0 Å². The van der Waals surface area contributed by atoms with Gasteiger partial charge in [-0.1, -0.05) is 37.6 Å². The van der Waals surface area contributed by atoms with Crippen LogP contribution in [0.2, 0.25) is 5.02 Å². The number of anilines is 1. The molecule has 1 N–H and O–H groups in total. The smallest absolute Gasteiger partial charge is 0.0643 e. The molecule has 2 atom stereocenters. The van der Waals surface area contributed by atoms with Crippen molar-refractivity contribution in [3.05, 3.63) is 28.8 Å². The number of nitrogens with one attached hydrogen (secondary N) is 1. The highest BCUT2D eigenvalue weighted by Gasteiger charge is 2.26. The van der Waals surface area contributed by atoms with Crippen LogP contribution in [-0.4, -0.2) is 19.1 Å². The molecule has 2 rings (SSSR count). The molecule has 20 heavy (non-hydrogen) atoms. The monoisotopic (exact) mass is 294 g/mol. The van der Waals surface area contributed by atoms with Gasteiger partial charge < -0.3 is 10.2 Å². The lowest BCUT2D eigenvalue weighted by atomic mass is 9.93. The van der Waals surface area contributed by atoms with E-state index < -0.39 is 0 Å². The van der Waals surface area contributed by atoms with Gasteiger partial charge in [-0.15, -0.1) is 0 Å². The number of para-hydroxylation sites is 1. The van der Waals surface area contributed by atoms with Crippen LogP contribution >= 0.6 is 11.6 Å². The van der Waals surface area contributed by atoms with Gasteiger partial charge in [0.25, 0.3) is 0 Å². The Balaban J connectivity index is 2.23. The average molecular weight is 295 g/mol. The van der Waals surface area contributed by atoms with Crippen LogP contribution in [0.3, 0.4) is 0 Å². The third kappa shape index (κ3) is 3.67. The Morgan fingerprint density at radius 3 is 2.85 bits per heavy atom. The van der Waals surface area contributed by atoms with Gasteiger partial charge >= 0.3 is 0 Å². The number of rotatable bonds is 5. The van der Waals surface area contributed by atoms with Crippen LogP contribution in [0, 0.1) is 5.92 Å². The van der Waals surface area contributed by atoms with Crippen molar-refractivity contribution >= 4 is 17.3 Å². The fraction of sp³-hybridized carbons (Fsp3) is 0.647. The van der Waals surface area contributed by atoms with Crippen LogP contribution < -0.4 is 10.2 Å². The first-order valence-corrected chi connectivity index (χ1v) is 8.26. The van der Waals surface area contributed by atoms with Gasteiger partial charge in [0, 0.05) is 19.1 Å². The molecule has 1 aliphatic heterocycles. The predicted octanol–water partition coefficient (Wildman–Crippen LogP) is 4.46. The van der Waals surface area contributed by atoms with E-state index in [1.807, 2.05) is 6.07 Å². The van der Waals surface area contributed by atoms with Crippen LogP contribution in [0.4, 0.5) is 5.69 Å². The molecule has 2 nitrogen and oxygen atoms in total. The second-order valence-corrected chi connectivity index (χ2v) is 6.52. The van der Waals surface area contributed by atoms with Gasteiger partial charge in [0.1, 0.15) is 0 Å². The maximum atomic E-state index is 6.52. The first-order valence-electron chi connectivity index (χ1n) is 7.88. The summed E-state index contributed by atoms with van der Waals surface area (Å²) in [5.74, 6) is 0.749.